The summed E-state index contributed by atoms with van der Waals surface area (Å²) < 4.78 is 0. The molecule has 106 valence electrons. The summed E-state index contributed by atoms with van der Waals surface area (Å²) in [6.45, 7) is 2.51. The lowest BCUT2D eigenvalue weighted by atomic mass is 10.1. The van der Waals surface area contributed by atoms with Gasteiger partial charge in [-0.3, -0.25) is 4.79 Å². The Hall–Kier alpha value is -0.870. The Labute approximate surface area is 119 Å². The summed E-state index contributed by atoms with van der Waals surface area (Å²) in [4.78, 5) is 13.2. The van der Waals surface area contributed by atoms with Gasteiger partial charge < -0.3 is 10.6 Å². The number of thiophene rings is 1. The molecule has 1 amide bonds. The molecule has 1 fully saturated rings. The van der Waals surface area contributed by atoms with Crippen LogP contribution in [0.25, 0.3) is 0 Å². The Bertz CT molecular complexity index is 370. The topological polar surface area (TPSA) is 41.1 Å². The van der Waals surface area contributed by atoms with Crippen molar-refractivity contribution in [2.75, 3.05) is 6.54 Å². The van der Waals surface area contributed by atoms with Crippen molar-refractivity contribution in [3.05, 3.63) is 22.4 Å². The molecule has 1 aliphatic carbocycles. The van der Waals surface area contributed by atoms with E-state index < -0.39 is 0 Å². The van der Waals surface area contributed by atoms with Crippen LogP contribution in [0.2, 0.25) is 0 Å². The van der Waals surface area contributed by atoms with E-state index in [0.29, 0.717) is 12.6 Å². The molecule has 1 saturated carbocycles. The van der Waals surface area contributed by atoms with Crippen LogP contribution in [-0.4, -0.2) is 18.5 Å². The van der Waals surface area contributed by atoms with Crippen LogP contribution in [0.5, 0.6) is 0 Å². The quantitative estimate of drug-likeness (QED) is 0.813. The number of amides is 1. The average molecular weight is 280 g/mol. The van der Waals surface area contributed by atoms with Gasteiger partial charge in [0.1, 0.15) is 0 Å². The number of carbonyl (C=O) groups excluding carboxylic acids is 1. The zero-order chi connectivity index (χ0) is 13.5. The van der Waals surface area contributed by atoms with Crippen LogP contribution < -0.4 is 10.6 Å². The first-order valence-electron chi connectivity index (χ1n) is 7.32. The Morgan fingerprint density at radius 2 is 2.11 bits per heavy atom. The van der Waals surface area contributed by atoms with Gasteiger partial charge in [-0.1, -0.05) is 31.7 Å². The number of carbonyl (C=O) groups is 1. The molecule has 2 N–H and O–H groups in total. The van der Waals surface area contributed by atoms with E-state index in [4.69, 9.17) is 0 Å². The van der Waals surface area contributed by atoms with Gasteiger partial charge in [0.05, 0.1) is 6.54 Å². The molecule has 0 unspecified atom stereocenters. The summed E-state index contributed by atoms with van der Waals surface area (Å²) >= 11 is 1.73. The average Bonchev–Trinajstić information content (AvgIpc) is 2.82. The van der Waals surface area contributed by atoms with E-state index in [9.17, 15) is 4.79 Å². The monoisotopic (exact) mass is 280 g/mol. The largest absolute Gasteiger partial charge is 0.352 e. The van der Waals surface area contributed by atoms with Gasteiger partial charge in [-0.15, -0.1) is 11.3 Å². The van der Waals surface area contributed by atoms with Crippen molar-refractivity contribution < 1.29 is 4.79 Å². The number of rotatable bonds is 5. The van der Waals surface area contributed by atoms with Gasteiger partial charge in [0.15, 0.2) is 0 Å². The summed E-state index contributed by atoms with van der Waals surface area (Å²) in [5.74, 6) is 0.135. The van der Waals surface area contributed by atoms with Crippen molar-refractivity contribution in [2.45, 2.75) is 57.5 Å². The summed E-state index contributed by atoms with van der Waals surface area (Å²) in [5.41, 5.74) is 0. The Kier molecular flexibility index (Phi) is 5.86. The predicted octanol–water partition coefficient (Wildman–Crippen LogP) is 3.24. The highest BCUT2D eigenvalue weighted by molar-refractivity contribution is 7.10. The van der Waals surface area contributed by atoms with E-state index in [-0.39, 0.29) is 11.9 Å². The SMILES string of the molecule is C[C@H](NCC(=O)NC1CCCCCC1)c1cccs1. The lowest BCUT2D eigenvalue weighted by Gasteiger charge is -2.17. The fraction of sp³-hybridized carbons (Fsp3) is 0.667. The molecule has 0 aromatic carbocycles. The number of hydrogen-bond acceptors (Lipinski definition) is 3. The first kappa shape index (κ1) is 14.5. The molecule has 0 bridgehead atoms. The zero-order valence-corrected chi connectivity index (χ0v) is 12.5. The van der Waals surface area contributed by atoms with Gasteiger partial charge in [-0.25, -0.2) is 0 Å². The second kappa shape index (κ2) is 7.65. The van der Waals surface area contributed by atoms with E-state index in [0.717, 1.165) is 12.8 Å². The molecule has 1 aromatic rings. The predicted molar refractivity (Wildman–Crippen MR) is 80.4 cm³/mol. The normalized spacial score (nSPS) is 18.8. The second-order valence-electron chi connectivity index (χ2n) is 5.37. The van der Waals surface area contributed by atoms with Crippen LogP contribution >= 0.6 is 11.3 Å². The van der Waals surface area contributed by atoms with Crippen LogP contribution in [-0.2, 0) is 4.79 Å². The fourth-order valence-electron chi connectivity index (χ4n) is 2.59. The van der Waals surface area contributed by atoms with Crippen molar-refractivity contribution in [1.29, 1.82) is 0 Å². The van der Waals surface area contributed by atoms with Crippen LogP contribution in [0, 0.1) is 0 Å². The molecule has 1 aromatic heterocycles. The lowest BCUT2D eigenvalue weighted by Crippen LogP contribution is -2.40. The summed E-state index contributed by atoms with van der Waals surface area (Å²) in [7, 11) is 0. The third-order valence-electron chi connectivity index (χ3n) is 3.76. The Morgan fingerprint density at radius 1 is 1.37 bits per heavy atom. The molecule has 0 spiro atoms. The summed E-state index contributed by atoms with van der Waals surface area (Å²) in [6.07, 6.45) is 7.44. The molecule has 1 heterocycles. The smallest absolute Gasteiger partial charge is 0.234 e. The first-order valence-corrected chi connectivity index (χ1v) is 8.20. The van der Waals surface area contributed by atoms with Crippen molar-refractivity contribution in [3.63, 3.8) is 0 Å². The van der Waals surface area contributed by atoms with E-state index >= 15 is 0 Å². The van der Waals surface area contributed by atoms with Crippen LogP contribution in [0.1, 0.15) is 56.4 Å². The first-order chi connectivity index (χ1) is 9.25. The molecule has 0 saturated heterocycles. The van der Waals surface area contributed by atoms with Crippen molar-refractivity contribution in [1.82, 2.24) is 10.6 Å². The van der Waals surface area contributed by atoms with E-state index in [2.05, 4.69) is 29.0 Å². The minimum atomic E-state index is 0.135. The maximum Gasteiger partial charge on any atom is 0.234 e. The molecule has 0 aliphatic heterocycles. The molecule has 1 atom stereocenters. The fourth-order valence-corrected chi connectivity index (χ4v) is 3.35. The van der Waals surface area contributed by atoms with Gasteiger partial charge in [0.25, 0.3) is 0 Å². The van der Waals surface area contributed by atoms with Gasteiger partial charge >= 0.3 is 0 Å². The van der Waals surface area contributed by atoms with Crippen molar-refractivity contribution in [3.8, 4) is 0 Å². The third-order valence-corrected chi connectivity index (χ3v) is 4.81. The van der Waals surface area contributed by atoms with Crippen molar-refractivity contribution >= 4 is 17.2 Å². The molecule has 19 heavy (non-hydrogen) atoms. The summed E-state index contributed by atoms with van der Waals surface area (Å²) in [6, 6.07) is 4.80. The maximum atomic E-state index is 11.9. The zero-order valence-electron chi connectivity index (χ0n) is 11.7. The van der Waals surface area contributed by atoms with E-state index in [1.165, 1.54) is 30.6 Å². The Balaban J connectivity index is 1.69. The van der Waals surface area contributed by atoms with Gasteiger partial charge in [0, 0.05) is 17.0 Å². The van der Waals surface area contributed by atoms with E-state index in [1.807, 2.05) is 6.07 Å². The molecule has 4 heteroatoms. The van der Waals surface area contributed by atoms with Gasteiger partial charge in [-0.05, 0) is 31.2 Å². The standard InChI is InChI=1S/C15H24N2OS/c1-12(14-9-6-10-19-14)16-11-15(18)17-13-7-4-2-3-5-8-13/h6,9-10,12-13,16H,2-5,7-8,11H2,1H3,(H,17,18)/t12-/m0/s1. The highest BCUT2D eigenvalue weighted by atomic mass is 32.1. The second-order valence-corrected chi connectivity index (χ2v) is 6.35. The van der Waals surface area contributed by atoms with Crippen molar-refractivity contribution in [2.24, 2.45) is 0 Å². The molecule has 2 rings (SSSR count). The number of hydrogen-bond donors (Lipinski definition) is 2. The summed E-state index contributed by atoms with van der Waals surface area (Å²) in [5, 5.41) is 8.52. The van der Waals surface area contributed by atoms with Crippen LogP contribution in [0.15, 0.2) is 17.5 Å². The molecule has 0 radical (unpaired) electrons. The highest BCUT2D eigenvalue weighted by Gasteiger charge is 2.15. The molecule has 3 nitrogen and oxygen atoms in total. The number of nitrogens with one attached hydrogen (secondary N) is 2. The highest BCUT2D eigenvalue weighted by Crippen LogP contribution is 2.18. The minimum absolute atomic E-state index is 0.135. The maximum absolute atomic E-state index is 11.9. The van der Waals surface area contributed by atoms with Crippen LogP contribution in [0.4, 0.5) is 0 Å². The Morgan fingerprint density at radius 3 is 2.74 bits per heavy atom. The lowest BCUT2D eigenvalue weighted by molar-refractivity contribution is -0.121. The van der Waals surface area contributed by atoms with Crippen LogP contribution in [0.3, 0.4) is 0 Å². The third kappa shape index (κ3) is 4.96. The minimum Gasteiger partial charge on any atom is -0.352 e. The van der Waals surface area contributed by atoms with E-state index in [1.54, 1.807) is 11.3 Å². The van der Waals surface area contributed by atoms with Gasteiger partial charge in [-0.2, -0.15) is 0 Å². The molecular formula is C15H24N2OS. The molecule has 1 aliphatic rings. The van der Waals surface area contributed by atoms with Gasteiger partial charge in [0.2, 0.25) is 5.91 Å². The molecular weight excluding hydrogens is 256 g/mol.